The third kappa shape index (κ3) is 4.15. The van der Waals surface area contributed by atoms with Gasteiger partial charge < -0.3 is 4.74 Å². The summed E-state index contributed by atoms with van der Waals surface area (Å²) >= 11 is 0. The molecule has 1 aliphatic rings. The van der Waals surface area contributed by atoms with Crippen LogP contribution in [0.25, 0.3) is 0 Å². The summed E-state index contributed by atoms with van der Waals surface area (Å²) in [6, 6.07) is 0. The first-order valence-electron chi connectivity index (χ1n) is 3.51. The van der Waals surface area contributed by atoms with Gasteiger partial charge >= 0.3 is 0 Å². The molecular weight excluding hydrogens is 114 g/mol. The molecule has 0 aromatic carbocycles. The molecule has 0 atom stereocenters. The average molecular weight is 130 g/mol. The second-order valence-electron chi connectivity index (χ2n) is 1.74. The lowest BCUT2D eigenvalue weighted by molar-refractivity contribution is -0.504. The molecule has 0 aromatic rings. The third-order valence-electron chi connectivity index (χ3n) is 1.09. The largest absolute Gasteiger partial charge is 0.365 e. The highest BCUT2D eigenvalue weighted by molar-refractivity contribution is 5.52. The molecule has 0 spiro atoms. The zero-order valence-corrected chi connectivity index (χ0v) is 6.55. The molecule has 9 heavy (non-hydrogen) atoms. The minimum Gasteiger partial charge on any atom is -0.365 e. The van der Waals surface area contributed by atoms with Gasteiger partial charge in [-0.1, -0.05) is 13.8 Å². The average Bonchev–Trinajstić information content (AvgIpc) is 1.94. The van der Waals surface area contributed by atoms with Crippen molar-refractivity contribution >= 4 is 6.21 Å². The van der Waals surface area contributed by atoms with Crippen LogP contribution in [0.5, 0.6) is 0 Å². The molecule has 0 saturated heterocycles. The summed E-state index contributed by atoms with van der Waals surface area (Å²) in [7, 11) is 2.06. The fourth-order valence-electron chi connectivity index (χ4n) is 0.563. The first kappa shape index (κ1) is 8.63. The normalized spacial score (nSPS) is 17.4. The molecule has 0 saturated carbocycles. The van der Waals surface area contributed by atoms with Crippen LogP contribution >= 0.6 is 0 Å². The second-order valence-corrected chi connectivity index (χ2v) is 1.74. The van der Waals surface area contributed by atoms with Crippen molar-refractivity contribution in [3.05, 3.63) is 0 Å². The van der Waals surface area contributed by atoms with Crippen LogP contribution in [0.4, 0.5) is 0 Å². The zero-order valence-electron chi connectivity index (χ0n) is 6.55. The molecule has 0 aromatic heterocycles. The molecule has 1 aliphatic heterocycles. The maximum atomic E-state index is 5.04. The molecule has 0 radical (unpaired) electrons. The van der Waals surface area contributed by atoms with E-state index < -0.39 is 0 Å². The van der Waals surface area contributed by atoms with E-state index in [1.54, 1.807) is 0 Å². The van der Waals surface area contributed by atoms with Crippen LogP contribution in [0.3, 0.4) is 0 Å². The molecule has 1 rings (SSSR count). The van der Waals surface area contributed by atoms with Crippen LogP contribution < -0.4 is 0 Å². The van der Waals surface area contributed by atoms with Crippen molar-refractivity contribution in [1.82, 2.24) is 0 Å². The maximum absolute atomic E-state index is 5.04. The Morgan fingerprint density at radius 3 is 2.33 bits per heavy atom. The molecule has 2 nitrogen and oxygen atoms in total. The Bertz CT molecular complexity index is 88.9. The lowest BCUT2D eigenvalue weighted by atomic mass is 10.6. The number of ether oxygens (including phenoxy) is 1. The Balaban J connectivity index is 0.000000291. The minimum absolute atomic E-state index is 0.788. The zero-order chi connectivity index (χ0) is 7.11. The quantitative estimate of drug-likeness (QED) is 0.441. The first-order chi connectivity index (χ1) is 4.39. The molecular formula is C7H16NO+. The smallest absolute Gasteiger partial charge is 0.165 e. The molecule has 1 heterocycles. The number of nitrogens with zero attached hydrogens (tertiary/aromatic N) is 1. The van der Waals surface area contributed by atoms with Crippen LogP contribution in [0, 0.1) is 0 Å². The monoisotopic (exact) mass is 130 g/mol. The van der Waals surface area contributed by atoms with Gasteiger partial charge in [0.2, 0.25) is 0 Å². The third-order valence-corrected chi connectivity index (χ3v) is 1.09. The topological polar surface area (TPSA) is 12.2 Å². The molecule has 0 aliphatic carbocycles. The predicted molar refractivity (Wildman–Crippen MR) is 39.3 cm³/mol. The van der Waals surface area contributed by atoms with Crippen LogP contribution in [0.1, 0.15) is 13.8 Å². The van der Waals surface area contributed by atoms with Crippen molar-refractivity contribution in [3.8, 4) is 0 Å². The van der Waals surface area contributed by atoms with Gasteiger partial charge in [0, 0.05) is 0 Å². The van der Waals surface area contributed by atoms with E-state index in [1.807, 2.05) is 20.1 Å². The Morgan fingerprint density at radius 2 is 2.11 bits per heavy atom. The second kappa shape index (κ2) is 5.76. The van der Waals surface area contributed by atoms with E-state index in [0.717, 1.165) is 19.8 Å². The van der Waals surface area contributed by atoms with E-state index in [4.69, 9.17) is 4.74 Å². The van der Waals surface area contributed by atoms with Crippen molar-refractivity contribution in [3.63, 3.8) is 0 Å². The van der Waals surface area contributed by atoms with E-state index in [2.05, 4.69) is 11.6 Å². The highest BCUT2D eigenvalue weighted by Gasteiger charge is 2.00. The number of likely N-dealkylation sites (N-methyl/N-ethyl adjacent to an activating group) is 1. The van der Waals surface area contributed by atoms with Crippen LogP contribution in [-0.2, 0) is 4.74 Å². The van der Waals surface area contributed by atoms with E-state index >= 15 is 0 Å². The van der Waals surface area contributed by atoms with Gasteiger partial charge in [0.25, 0.3) is 0 Å². The van der Waals surface area contributed by atoms with Gasteiger partial charge in [-0.05, 0) is 0 Å². The standard InChI is InChI=1S/C5H10NO.C2H6/c1-6-2-4-7-5-3-6;1-2/h2H,3-5H2,1H3;1-2H3/q+1;. The van der Waals surface area contributed by atoms with Gasteiger partial charge in [0.15, 0.2) is 12.8 Å². The van der Waals surface area contributed by atoms with Gasteiger partial charge in [-0.3, -0.25) is 0 Å². The number of hydrogen-bond donors (Lipinski definition) is 0. The van der Waals surface area contributed by atoms with Crippen LogP contribution in [0.15, 0.2) is 0 Å². The lowest BCUT2D eigenvalue weighted by Gasteiger charge is -2.02. The van der Waals surface area contributed by atoms with Crippen molar-refractivity contribution < 1.29 is 9.31 Å². The Kier molecular flexibility index (Phi) is 5.52. The first-order valence-corrected chi connectivity index (χ1v) is 3.51. The lowest BCUT2D eigenvalue weighted by Crippen LogP contribution is -2.22. The van der Waals surface area contributed by atoms with Crippen molar-refractivity contribution in [2.24, 2.45) is 0 Å². The molecule has 0 unspecified atom stereocenters. The Labute approximate surface area is 57.1 Å². The molecule has 0 amide bonds. The molecule has 0 bridgehead atoms. The highest BCUT2D eigenvalue weighted by atomic mass is 16.5. The predicted octanol–water partition coefficient (Wildman–Crippen LogP) is 0.756. The van der Waals surface area contributed by atoms with Crippen molar-refractivity contribution in [1.29, 1.82) is 0 Å². The summed E-state index contributed by atoms with van der Waals surface area (Å²) < 4.78 is 7.18. The molecule has 54 valence electrons. The van der Waals surface area contributed by atoms with E-state index in [0.29, 0.717) is 0 Å². The van der Waals surface area contributed by atoms with Crippen LogP contribution in [0.2, 0.25) is 0 Å². The molecule has 0 fully saturated rings. The summed E-state index contributed by atoms with van der Waals surface area (Å²) in [4.78, 5) is 0. The SMILES string of the molecule is CC.C[N+]1=CCOCC1. The van der Waals surface area contributed by atoms with Gasteiger partial charge in [-0.15, -0.1) is 0 Å². The fraction of sp³-hybridized carbons (Fsp3) is 0.857. The van der Waals surface area contributed by atoms with Gasteiger partial charge in [-0.2, -0.15) is 0 Å². The minimum atomic E-state index is 0.788. The highest BCUT2D eigenvalue weighted by Crippen LogP contribution is 1.79. The van der Waals surface area contributed by atoms with Gasteiger partial charge in [-0.25, -0.2) is 4.58 Å². The number of rotatable bonds is 0. The van der Waals surface area contributed by atoms with E-state index in [1.165, 1.54) is 0 Å². The summed E-state index contributed by atoms with van der Waals surface area (Å²) in [5.74, 6) is 0. The molecule has 0 N–H and O–H groups in total. The van der Waals surface area contributed by atoms with Gasteiger partial charge in [0.05, 0.1) is 0 Å². The Hall–Kier alpha value is -0.370. The van der Waals surface area contributed by atoms with Crippen molar-refractivity contribution in [2.75, 3.05) is 26.8 Å². The summed E-state index contributed by atoms with van der Waals surface area (Å²) in [6.07, 6.45) is 2.05. The van der Waals surface area contributed by atoms with E-state index in [9.17, 15) is 0 Å². The molecule has 2 heteroatoms. The van der Waals surface area contributed by atoms with Crippen LogP contribution in [-0.4, -0.2) is 37.6 Å². The van der Waals surface area contributed by atoms with E-state index in [-0.39, 0.29) is 0 Å². The fourth-order valence-corrected chi connectivity index (χ4v) is 0.563. The summed E-state index contributed by atoms with van der Waals surface area (Å²) in [6.45, 7) is 6.71. The van der Waals surface area contributed by atoms with Gasteiger partial charge in [0.1, 0.15) is 20.3 Å². The summed E-state index contributed by atoms with van der Waals surface area (Å²) in [5.41, 5.74) is 0. The maximum Gasteiger partial charge on any atom is 0.165 e. The van der Waals surface area contributed by atoms with Crippen molar-refractivity contribution in [2.45, 2.75) is 13.8 Å². The summed E-state index contributed by atoms with van der Waals surface area (Å²) in [5, 5.41) is 0. The number of hydrogen-bond acceptors (Lipinski definition) is 1. The Morgan fingerprint density at radius 1 is 1.44 bits per heavy atom.